The molecule has 0 N–H and O–H groups in total. The summed E-state index contributed by atoms with van der Waals surface area (Å²) in [6.45, 7) is 2.88. The first-order chi connectivity index (χ1) is 7.79. The lowest BCUT2D eigenvalue weighted by atomic mass is 9.97. The summed E-state index contributed by atoms with van der Waals surface area (Å²) in [6, 6.07) is 0. The molecule has 17 heavy (non-hydrogen) atoms. The quantitative estimate of drug-likeness (QED) is 0.736. The van der Waals surface area contributed by atoms with Crippen molar-refractivity contribution in [3.05, 3.63) is 0 Å². The van der Waals surface area contributed by atoms with Crippen LogP contribution < -0.4 is 0 Å². The van der Waals surface area contributed by atoms with Crippen LogP contribution in [0.3, 0.4) is 0 Å². The van der Waals surface area contributed by atoms with Gasteiger partial charge in [0.1, 0.15) is 4.83 Å². The molecule has 0 aromatic carbocycles. The molecule has 1 fully saturated rings. The van der Waals surface area contributed by atoms with Crippen LogP contribution in [-0.4, -0.2) is 61.1 Å². The number of halogens is 4. The molecule has 1 aliphatic heterocycles. The maximum Gasteiger partial charge on any atom is 0.402 e. The van der Waals surface area contributed by atoms with Crippen LogP contribution in [0.5, 0.6) is 0 Å². The summed E-state index contributed by atoms with van der Waals surface area (Å²) in [5.41, 5.74) is 0. The smallest absolute Gasteiger partial charge is 0.306 e. The summed E-state index contributed by atoms with van der Waals surface area (Å²) < 4.78 is 37.1. The van der Waals surface area contributed by atoms with Gasteiger partial charge in [-0.15, -0.1) is 0 Å². The third-order valence-electron chi connectivity index (χ3n) is 3.24. The topological polar surface area (TPSA) is 6.48 Å². The van der Waals surface area contributed by atoms with E-state index >= 15 is 0 Å². The number of alkyl halides is 4. The van der Waals surface area contributed by atoms with Gasteiger partial charge in [-0.25, -0.2) is 0 Å². The third kappa shape index (κ3) is 5.57. The Balaban J connectivity index is 2.27. The number of rotatable bonds is 4. The van der Waals surface area contributed by atoms with Crippen LogP contribution in [0.15, 0.2) is 0 Å². The molecule has 0 aromatic rings. The Morgan fingerprint density at radius 3 is 2.35 bits per heavy atom. The Kier molecular flexibility index (Phi) is 5.73. The Morgan fingerprint density at radius 2 is 1.88 bits per heavy atom. The van der Waals surface area contributed by atoms with Gasteiger partial charge in [0.05, 0.1) is 0 Å². The van der Waals surface area contributed by atoms with E-state index in [-0.39, 0.29) is 6.54 Å². The van der Waals surface area contributed by atoms with Gasteiger partial charge in [0.15, 0.2) is 0 Å². The van der Waals surface area contributed by atoms with Gasteiger partial charge in [0.25, 0.3) is 0 Å². The highest BCUT2D eigenvalue weighted by Gasteiger charge is 2.38. The summed E-state index contributed by atoms with van der Waals surface area (Å²) in [5, 5.41) is 0. The number of likely N-dealkylation sites (tertiary alicyclic amines) is 1. The molecular weight excluding hydrogens is 297 g/mol. The standard InChI is InChI=1S/C11H20BrF3N2/c1-16-5-3-9(4-6-16)7-17(2)8-10(12)11(13,14)15/h9-10H,3-8H2,1-2H3. The van der Waals surface area contributed by atoms with Crippen molar-refractivity contribution in [2.45, 2.75) is 23.8 Å². The van der Waals surface area contributed by atoms with E-state index in [1.54, 1.807) is 11.9 Å². The van der Waals surface area contributed by atoms with Crippen molar-refractivity contribution in [2.24, 2.45) is 5.92 Å². The van der Waals surface area contributed by atoms with E-state index in [0.717, 1.165) is 32.5 Å². The van der Waals surface area contributed by atoms with Crippen LogP contribution in [0.1, 0.15) is 12.8 Å². The highest BCUT2D eigenvalue weighted by molar-refractivity contribution is 9.09. The van der Waals surface area contributed by atoms with E-state index in [2.05, 4.69) is 27.9 Å². The maximum absolute atomic E-state index is 12.4. The number of piperidine rings is 1. The van der Waals surface area contributed by atoms with Crippen LogP contribution in [0.4, 0.5) is 13.2 Å². The van der Waals surface area contributed by atoms with E-state index in [9.17, 15) is 13.2 Å². The molecule has 0 saturated carbocycles. The maximum atomic E-state index is 12.4. The average Bonchev–Trinajstić information content (AvgIpc) is 2.20. The highest BCUT2D eigenvalue weighted by atomic mass is 79.9. The first-order valence-electron chi connectivity index (χ1n) is 5.87. The van der Waals surface area contributed by atoms with Crippen molar-refractivity contribution in [3.63, 3.8) is 0 Å². The molecule has 0 aliphatic carbocycles. The van der Waals surface area contributed by atoms with Gasteiger partial charge in [-0.3, -0.25) is 0 Å². The van der Waals surface area contributed by atoms with Gasteiger partial charge < -0.3 is 9.80 Å². The molecule has 0 aromatic heterocycles. The van der Waals surface area contributed by atoms with Gasteiger partial charge >= 0.3 is 6.18 Å². The van der Waals surface area contributed by atoms with Crippen LogP contribution in [0.2, 0.25) is 0 Å². The predicted molar refractivity (Wildman–Crippen MR) is 66.5 cm³/mol. The Bertz CT molecular complexity index is 227. The molecule has 1 heterocycles. The number of nitrogens with zero attached hydrogens (tertiary/aromatic N) is 2. The van der Waals surface area contributed by atoms with Gasteiger partial charge in [0, 0.05) is 13.1 Å². The minimum absolute atomic E-state index is 0.0237. The fourth-order valence-corrected chi connectivity index (χ4v) is 2.63. The minimum atomic E-state index is -4.15. The van der Waals surface area contributed by atoms with Crippen molar-refractivity contribution in [1.29, 1.82) is 0 Å². The van der Waals surface area contributed by atoms with Crippen molar-refractivity contribution in [1.82, 2.24) is 9.80 Å². The third-order valence-corrected chi connectivity index (χ3v) is 4.04. The van der Waals surface area contributed by atoms with E-state index in [0.29, 0.717) is 5.92 Å². The summed E-state index contributed by atoms with van der Waals surface area (Å²) in [6.07, 6.45) is -1.99. The van der Waals surface area contributed by atoms with Gasteiger partial charge in [0.2, 0.25) is 0 Å². The minimum Gasteiger partial charge on any atom is -0.306 e. The van der Waals surface area contributed by atoms with E-state index in [4.69, 9.17) is 0 Å². The molecule has 0 radical (unpaired) electrons. The van der Waals surface area contributed by atoms with E-state index in [1.165, 1.54) is 0 Å². The molecule has 0 spiro atoms. The lowest BCUT2D eigenvalue weighted by Gasteiger charge is -2.32. The van der Waals surface area contributed by atoms with Crippen molar-refractivity contribution >= 4 is 15.9 Å². The zero-order chi connectivity index (χ0) is 13.1. The summed E-state index contributed by atoms with van der Waals surface area (Å²) in [5.74, 6) is 0.532. The van der Waals surface area contributed by atoms with Crippen LogP contribution >= 0.6 is 15.9 Å². The van der Waals surface area contributed by atoms with Gasteiger partial charge in [-0.05, 0) is 45.9 Å². The van der Waals surface area contributed by atoms with Crippen LogP contribution in [-0.2, 0) is 0 Å². The molecule has 6 heteroatoms. The fourth-order valence-electron chi connectivity index (χ4n) is 2.14. The largest absolute Gasteiger partial charge is 0.402 e. The van der Waals surface area contributed by atoms with Crippen molar-refractivity contribution in [3.8, 4) is 0 Å². The molecule has 1 atom stereocenters. The van der Waals surface area contributed by atoms with E-state index < -0.39 is 11.0 Å². The summed E-state index contributed by atoms with van der Waals surface area (Å²) in [7, 11) is 3.84. The average molecular weight is 317 g/mol. The van der Waals surface area contributed by atoms with E-state index in [1.807, 2.05) is 0 Å². The van der Waals surface area contributed by atoms with Crippen molar-refractivity contribution < 1.29 is 13.2 Å². The normalized spacial score (nSPS) is 22.1. The molecule has 1 unspecified atom stereocenters. The monoisotopic (exact) mass is 316 g/mol. The number of hydrogen-bond acceptors (Lipinski definition) is 2. The Hall–Kier alpha value is 0.190. The molecule has 1 saturated heterocycles. The molecule has 2 nitrogen and oxygen atoms in total. The second-order valence-corrected chi connectivity index (χ2v) is 6.08. The lowest BCUT2D eigenvalue weighted by Crippen LogP contribution is -2.40. The first kappa shape index (κ1) is 15.2. The zero-order valence-electron chi connectivity index (χ0n) is 10.3. The number of hydrogen-bond donors (Lipinski definition) is 0. The van der Waals surface area contributed by atoms with Gasteiger partial charge in [-0.1, -0.05) is 15.9 Å². The Morgan fingerprint density at radius 1 is 1.35 bits per heavy atom. The van der Waals surface area contributed by atoms with Crippen molar-refractivity contribution in [2.75, 3.05) is 40.3 Å². The van der Waals surface area contributed by atoms with Gasteiger partial charge in [-0.2, -0.15) is 13.2 Å². The van der Waals surface area contributed by atoms with Crippen LogP contribution in [0, 0.1) is 5.92 Å². The Labute approximate surface area is 109 Å². The molecule has 0 amide bonds. The second kappa shape index (κ2) is 6.38. The molecule has 1 aliphatic rings. The predicted octanol–water partition coefficient (Wildman–Crippen LogP) is 2.59. The summed E-state index contributed by atoms with van der Waals surface area (Å²) in [4.78, 5) is 2.62. The summed E-state index contributed by atoms with van der Waals surface area (Å²) >= 11 is 2.70. The molecule has 0 bridgehead atoms. The molecule has 102 valence electrons. The fraction of sp³-hybridized carbons (Fsp3) is 1.00. The lowest BCUT2D eigenvalue weighted by molar-refractivity contribution is -0.130. The zero-order valence-corrected chi connectivity index (χ0v) is 11.9. The SMILES string of the molecule is CN1CCC(CN(C)CC(Br)C(F)(F)F)CC1. The first-order valence-corrected chi connectivity index (χ1v) is 6.78. The second-order valence-electron chi connectivity index (χ2n) is 4.98. The molecule has 1 rings (SSSR count). The van der Waals surface area contributed by atoms with Crippen LogP contribution in [0.25, 0.3) is 0 Å². The highest BCUT2D eigenvalue weighted by Crippen LogP contribution is 2.27. The molecular formula is C11H20BrF3N2.